The van der Waals surface area contributed by atoms with Crippen LogP contribution >= 0.6 is 7.60 Å². The van der Waals surface area contributed by atoms with Crippen LogP contribution in [-0.4, -0.2) is 24.0 Å². The Hall–Kier alpha value is -0.670. The molecule has 0 spiro atoms. The fourth-order valence-electron chi connectivity index (χ4n) is 1.89. The minimum absolute atomic E-state index is 0.244. The summed E-state index contributed by atoms with van der Waals surface area (Å²) in [5.41, 5.74) is 0.0336. The predicted octanol–water partition coefficient (Wildman–Crippen LogP) is 5.03. The highest BCUT2D eigenvalue weighted by Crippen LogP contribution is 2.54. The van der Waals surface area contributed by atoms with E-state index in [-0.39, 0.29) is 6.16 Å². The van der Waals surface area contributed by atoms with Crippen LogP contribution in [-0.2, 0) is 25.0 Å². The zero-order valence-electron chi connectivity index (χ0n) is 14.6. The third-order valence-corrected chi connectivity index (χ3v) is 4.83. The maximum absolute atomic E-state index is 12.9. The van der Waals surface area contributed by atoms with Crippen molar-refractivity contribution in [2.75, 3.05) is 12.8 Å². The van der Waals surface area contributed by atoms with E-state index in [0.29, 0.717) is 13.2 Å². The molecule has 0 aliphatic heterocycles. The van der Waals surface area contributed by atoms with Crippen molar-refractivity contribution in [2.45, 2.75) is 59.4 Å². The monoisotopic (exact) mass is 328 g/mol. The second kappa shape index (κ2) is 7.74. The van der Waals surface area contributed by atoms with Gasteiger partial charge in [0.1, 0.15) is 0 Å². The van der Waals surface area contributed by atoms with Gasteiger partial charge in [0.25, 0.3) is 0 Å². The molecule has 1 aromatic rings. The third-order valence-electron chi connectivity index (χ3n) is 2.45. The van der Waals surface area contributed by atoms with Crippen LogP contribution in [0.15, 0.2) is 30.3 Å². The van der Waals surface area contributed by atoms with Crippen LogP contribution in [0, 0.1) is 0 Å². The molecule has 22 heavy (non-hydrogen) atoms. The van der Waals surface area contributed by atoms with Gasteiger partial charge in [0, 0.05) is 0 Å². The van der Waals surface area contributed by atoms with E-state index in [9.17, 15) is 4.57 Å². The fourth-order valence-corrected chi connectivity index (χ4v) is 4.13. The molecule has 4 nitrogen and oxygen atoms in total. The summed E-state index contributed by atoms with van der Waals surface area (Å²) in [6.07, 6.45) is 0.244. The molecule has 1 rings (SSSR count). The molecule has 5 heteroatoms. The van der Waals surface area contributed by atoms with Crippen molar-refractivity contribution >= 4 is 7.60 Å². The highest BCUT2D eigenvalue weighted by molar-refractivity contribution is 7.53. The average molecular weight is 328 g/mol. The van der Waals surface area contributed by atoms with E-state index in [4.69, 9.17) is 13.8 Å². The summed E-state index contributed by atoms with van der Waals surface area (Å²) in [6, 6.07) is 9.89. The Kier molecular flexibility index (Phi) is 6.82. The van der Waals surface area contributed by atoms with Crippen molar-refractivity contribution in [3.8, 4) is 0 Å². The van der Waals surface area contributed by atoms with Crippen molar-refractivity contribution in [3.05, 3.63) is 35.9 Å². The Labute approximate surface area is 134 Å². The summed E-state index contributed by atoms with van der Waals surface area (Å²) in [6.45, 7) is 12.1. The van der Waals surface area contributed by atoms with Crippen LogP contribution in [0.2, 0.25) is 0 Å². The summed E-state index contributed by atoms with van der Waals surface area (Å²) >= 11 is 0. The molecule has 0 saturated heterocycles. The smallest absolute Gasteiger partial charge is 0.334 e. The number of hydrogen-bond donors (Lipinski definition) is 0. The summed E-state index contributed by atoms with van der Waals surface area (Å²) < 4.78 is 30.0. The number of rotatable bonds is 7. The lowest BCUT2D eigenvalue weighted by molar-refractivity contribution is 0.0441. The first-order valence-electron chi connectivity index (χ1n) is 7.61. The van der Waals surface area contributed by atoms with Crippen molar-refractivity contribution in [3.63, 3.8) is 0 Å². The minimum Gasteiger partial charge on any atom is -0.376 e. The Morgan fingerprint density at radius 1 is 0.909 bits per heavy atom. The van der Waals surface area contributed by atoms with E-state index >= 15 is 0 Å². The molecular weight excluding hydrogens is 299 g/mol. The topological polar surface area (TPSA) is 44.8 Å². The van der Waals surface area contributed by atoms with Gasteiger partial charge in [-0.25, -0.2) is 0 Å². The molecule has 126 valence electrons. The predicted molar refractivity (Wildman–Crippen MR) is 90.2 cm³/mol. The molecule has 0 unspecified atom stereocenters. The molecule has 0 fully saturated rings. The van der Waals surface area contributed by atoms with Gasteiger partial charge in [-0.2, -0.15) is 0 Å². The van der Waals surface area contributed by atoms with Crippen LogP contribution in [0.1, 0.15) is 47.1 Å². The van der Waals surface area contributed by atoms with Gasteiger partial charge in [-0.05, 0) is 47.1 Å². The van der Waals surface area contributed by atoms with Crippen molar-refractivity contribution < 1.29 is 18.3 Å². The first-order chi connectivity index (χ1) is 9.99. The summed E-state index contributed by atoms with van der Waals surface area (Å²) in [5, 5.41) is 0. The van der Waals surface area contributed by atoms with Crippen molar-refractivity contribution in [1.82, 2.24) is 0 Å². The largest absolute Gasteiger partial charge is 0.376 e. The van der Waals surface area contributed by atoms with Crippen LogP contribution in [0.25, 0.3) is 0 Å². The second-order valence-corrected chi connectivity index (χ2v) is 9.31. The van der Waals surface area contributed by atoms with Gasteiger partial charge in [-0.1, -0.05) is 30.3 Å². The highest BCUT2D eigenvalue weighted by atomic mass is 31.2. The molecular formula is C17H29O4P. The lowest BCUT2D eigenvalue weighted by Gasteiger charge is -2.32. The first kappa shape index (κ1) is 19.4. The minimum atomic E-state index is -3.21. The highest BCUT2D eigenvalue weighted by Gasteiger charge is 2.34. The lowest BCUT2D eigenvalue weighted by atomic mass is 10.2. The molecule has 0 heterocycles. The van der Waals surface area contributed by atoms with Gasteiger partial charge in [0.2, 0.25) is 0 Å². The quantitative estimate of drug-likeness (QED) is 0.520. The lowest BCUT2D eigenvalue weighted by Crippen LogP contribution is -2.25. The van der Waals surface area contributed by atoms with E-state index in [2.05, 4.69) is 0 Å². The molecule has 0 aliphatic carbocycles. The van der Waals surface area contributed by atoms with Gasteiger partial charge < -0.3 is 13.8 Å². The summed E-state index contributed by atoms with van der Waals surface area (Å²) in [7, 11) is -3.21. The number of benzene rings is 1. The zero-order chi connectivity index (χ0) is 16.9. The summed E-state index contributed by atoms with van der Waals surface area (Å²) in [5.74, 6) is 0. The maximum Gasteiger partial charge on any atom is 0.334 e. The van der Waals surface area contributed by atoms with E-state index < -0.39 is 18.8 Å². The normalized spacial score (nSPS) is 13.4. The first-order valence-corrected chi connectivity index (χ1v) is 9.34. The third kappa shape index (κ3) is 8.70. The van der Waals surface area contributed by atoms with Crippen LogP contribution in [0.4, 0.5) is 0 Å². The van der Waals surface area contributed by atoms with Crippen molar-refractivity contribution in [2.24, 2.45) is 0 Å². The molecule has 0 aromatic heterocycles. The van der Waals surface area contributed by atoms with Gasteiger partial charge in [0.15, 0.2) is 0 Å². The van der Waals surface area contributed by atoms with Crippen LogP contribution in [0.3, 0.4) is 0 Å². The fraction of sp³-hybridized carbons (Fsp3) is 0.647. The standard InChI is InChI=1S/C17H29O4P/c1-16(2,3)20-22(18,21-17(4,5)6)13-12-19-14-15-10-8-7-9-11-15/h7-11H,12-14H2,1-6H3. The zero-order valence-corrected chi connectivity index (χ0v) is 15.5. The Morgan fingerprint density at radius 2 is 1.41 bits per heavy atom. The summed E-state index contributed by atoms with van der Waals surface area (Å²) in [4.78, 5) is 0. The van der Waals surface area contributed by atoms with E-state index in [0.717, 1.165) is 5.56 Å². The van der Waals surface area contributed by atoms with Crippen LogP contribution in [0.5, 0.6) is 0 Å². The van der Waals surface area contributed by atoms with E-state index in [1.54, 1.807) is 0 Å². The molecule has 0 N–H and O–H groups in total. The maximum atomic E-state index is 12.9. The molecule has 1 aromatic carbocycles. The second-order valence-electron chi connectivity index (χ2n) is 7.28. The van der Waals surface area contributed by atoms with Gasteiger partial charge in [-0.15, -0.1) is 0 Å². The molecule has 0 amide bonds. The van der Waals surface area contributed by atoms with Gasteiger partial charge in [0.05, 0.1) is 30.6 Å². The molecule has 0 atom stereocenters. The number of ether oxygens (including phenoxy) is 1. The molecule has 0 radical (unpaired) electrons. The van der Waals surface area contributed by atoms with Gasteiger partial charge >= 0.3 is 7.60 Å². The molecule has 0 aliphatic rings. The van der Waals surface area contributed by atoms with Crippen LogP contribution < -0.4 is 0 Å². The van der Waals surface area contributed by atoms with E-state index in [1.807, 2.05) is 71.9 Å². The molecule has 0 saturated carbocycles. The Bertz CT molecular complexity index is 466. The Morgan fingerprint density at radius 3 is 1.86 bits per heavy atom. The van der Waals surface area contributed by atoms with Gasteiger partial charge in [-0.3, -0.25) is 4.57 Å². The SMILES string of the molecule is CC(C)(C)OP(=O)(CCOCc1ccccc1)OC(C)(C)C. The van der Waals surface area contributed by atoms with Crippen molar-refractivity contribution in [1.29, 1.82) is 0 Å². The van der Waals surface area contributed by atoms with E-state index in [1.165, 1.54) is 0 Å². The number of hydrogen-bond acceptors (Lipinski definition) is 4. The average Bonchev–Trinajstić information content (AvgIpc) is 2.31. The molecule has 0 bridgehead atoms. The Balaban J connectivity index is 2.56.